The van der Waals surface area contributed by atoms with Crippen molar-refractivity contribution in [1.82, 2.24) is 4.90 Å². The first-order valence-corrected chi connectivity index (χ1v) is 3.55. The van der Waals surface area contributed by atoms with Gasteiger partial charge in [-0.1, -0.05) is 0 Å². The zero-order chi connectivity index (χ0) is 8.48. The Morgan fingerprint density at radius 1 is 1.64 bits per heavy atom. The van der Waals surface area contributed by atoms with E-state index in [2.05, 4.69) is 0 Å². The standard InChI is InChI=1S/C7H11NO3/c1-8(5-9)7(6(10)11)3-2-4-7/h5H,2-4H2,1H3,(H,10,11). The monoisotopic (exact) mass is 157 g/mol. The van der Waals surface area contributed by atoms with E-state index in [-0.39, 0.29) is 0 Å². The lowest BCUT2D eigenvalue weighted by Gasteiger charge is -2.42. The highest BCUT2D eigenvalue weighted by atomic mass is 16.4. The summed E-state index contributed by atoms with van der Waals surface area (Å²) in [5.74, 6) is -0.890. The topological polar surface area (TPSA) is 57.6 Å². The first-order chi connectivity index (χ1) is 5.13. The number of amides is 1. The summed E-state index contributed by atoms with van der Waals surface area (Å²) in [6.07, 6.45) is 2.63. The average Bonchev–Trinajstić information content (AvgIpc) is 1.84. The van der Waals surface area contributed by atoms with Crippen LogP contribution in [0.15, 0.2) is 0 Å². The van der Waals surface area contributed by atoms with Gasteiger partial charge in [-0.3, -0.25) is 4.79 Å². The fourth-order valence-corrected chi connectivity index (χ4v) is 1.33. The van der Waals surface area contributed by atoms with E-state index in [1.807, 2.05) is 0 Å². The van der Waals surface area contributed by atoms with Gasteiger partial charge < -0.3 is 10.0 Å². The summed E-state index contributed by atoms with van der Waals surface area (Å²) in [4.78, 5) is 22.3. The molecule has 1 fully saturated rings. The second-order valence-corrected chi connectivity index (χ2v) is 2.91. The van der Waals surface area contributed by atoms with Crippen molar-refractivity contribution in [2.45, 2.75) is 24.8 Å². The number of aliphatic carboxylic acids is 1. The fraction of sp³-hybridized carbons (Fsp3) is 0.714. The lowest BCUT2D eigenvalue weighted by atomic mass is 9.76. The van der Waals surface area contributed by atoms with E-state index in [4.69, 9.17) is 5.11 Å². The van der Waals surface area contributed by atoms with Crippen LogP contribution in [0.2, 0.25) is 0 Å². The van der Waals surface area contributed by atoms with Gasteiger partial charge in [-0.05, 0) is 19.3 Å². The van der Waals surface area contributed by atoms with E-state index in [0.29, 0.717) is 19.3 Å². The number of likely N-dealkylation sites (N-methyl/N-ethyl adjacent to an activating group) is 1. The fourth-order valence-electron chi connectivity index (χ4n) is 1.33. The van der Waals surface area contributed by atoms with Crippen molar-refractivity contribution in [3.05, 3.63) is 0 Å². The SMILES string of the molecule is CN(C=O)C1(C(=O)O)CCC1. The third-order valence-electron chi connectivity index (χ3n) is 2.41. The summed E-state index contributed by atoms with van der Waals surface area (Å²) in [7, 11) is 1.51. The van der Waals surface area contributed by atoms with Gasteiger partial charge >= 0.3 is 5.97 Å². The van der Waals surface area contributed by atoms with Crippen LogP contribution in [-0.2, 0) is 9.59 Å². The number of hydrogen-bond acceptors (Lipinski definition) is 2. The van der Waals surface area contributed by atoms with Crippen LogP contribution in [0.25, 0.3) is 0 Å². The predicted molar refractivity (Wildman–Crippen MR) is 38.0 cm³/mol. The molecule has 1 aliphatic carbocycles. The summed E-state index contributed by atoms with van der Waals surface area (Å²) in [5.41, 5.74) is -0.887. The maximum absolute atomic E-state index is 10.7. The molecule has 0 aromatic rings. The summed E-state index contributed by atoms with van der Waals surface area (Å²) < 4.78 is 0. The number of nitrogens with zero attached hydrogens (tertiary/aromatic N) is 1. The third kappa shape index (κ3) is 0.982. The summed E-state index contributed by atoms with van der Waals surface area (Å²) in [6.45, 7) is 0. The first-order valence-electron chi connectivity index (χ1n) is 3.55. The van der Waals surface area contributed by atoms with Crippen molar-refractivity contribution in [1.29, 1.82) is 0 Å². The van der Waals surface area contributed by atoms with E-state index in [1.54, 1.807) is 0 Å². The molecular weight excluding hydrogens is 146 g/mol. The van der Waals surface area contributed by atoms with Crippen LogP contribution < -0.4 is 0 Å². The Kier molecular flexibility index (Phi) is 1.85. The minimum absolute atomic E-state index is 0.577. The molecule has 0 heterocycles. The number of rotatable bonds is 3. The molecule has 0 radical (unpaired) electrons. The van der Waals surface area contributed by atoms with Crippen molar-refractivity contribution < 1.29 is 14.7 Å². The van der Waals surface area contributed by atoms with Gasteiger partial charge in [0.15, 0.2) is 0 Å². The normalized spacial score (nSPS) is 20.1. The minimum Gasteiger partial charge on any atom is -0.479 e. The van der Waals surface area contributed by atoms with Crippen LogP contribution in [0.1, 0.15) is 19.3 Å². The summed E-state index contributed by atoms with van der Waals surface area (Å²) in [6, 6.07) is 0. The predicted octanol–water partition coefficient (Wildman–Crippen LogP) is 0.0819. The molecule has 0 aromatic heterocycles. The zero-order valence-electron chi connectivity index (χ0n) is 6.41. The van der Waals surface area contributed by atoms with E-state index >= 15 is 0 Å². The van der Waals surface area contributed by atoms with Gasteiger partial charge in [-0.25, -0.2) is 4.79 Å². The van der Waals surface area contributed by atoms with Gasteiger partial charge in [-0.15, -0.1) is 0 Å². The highest BCUT2D eigenvalue weighted by Crippen LogP contribution is 2.36. The third-order valence-corrected chi connectivity index (χ3v) is 2.41. The molecule has 0 saturated heterocycles. The van der Waals surface area contributed by atoms with Gasteiger partial charge in [0, 0.05) is 7.05 Å². The van der Waals surface area contributed by atoms with Crippen molar-refractivity contribution in [3.63, 3.8) is 0 Å². The Bertz CT molecular complexity index is 186. The van der Waals surface area contributed by atoms with Gasteiger partial charge in [0.2, 0.25) is 6.41 Å². The Balaban J connectivity index is 2.75. The van der Waals surface area contributed by atoms with Crippen LogP contribution in [0, 0.1) is 0 Å². The molecule has 62 valence electrons. The average molecular weight is 157 g/mol. The van der Waals surface area contributed by atoms with Gasteiger partial charge in [0.25, 0.3) is 0 Å². The molecular formula is C7H11NO3. The molecule has 1 N–H and O–H groups in total. The molecule has 1 amide bonds. The number of carbonyl (C=O) groups excluding carboxylic acids is 1. The van der Waals surface area contributed by atoms with Gasteiger partial charge in [0.1, 0.15) is 5.54 Å². The molecule has 0 aromatic carbocycles. The highest BCUT2D eigenvalue weighted by Gasteiger charge is 2.47. The Morgan fingerprint density at radius 3 is 2.27 bits per heavy atom. The Morgan fingerprint density at radius 2 is 2.18 bits per heavy atom. The molecule has 0 spiro atoms. The minimum atomic E-state index is -0.890. The first kappa shape index (κ1) is 8.04. The second-order valence-electron chi connectivity index (χ2n) is 2.91. The lowest BCUT2D eigenvalue weighted by Crippen LogP contribution is -2.57. The van der Waals surface area contributed by atoms with E-state index in [0.717, 1.165) is 6.42 Å². The second kappa shape index (κ2) is 2.53. The van der Waals surface area contributed by atoms with Crippen LogP contribution in [0.3, 0.4) is 0 Å². The molecule has 4 heteroatoms. The van der Waals surface area contributed by atoms with E-state index < -0.39 is 11.5 Å². The van der Waals surface area contributed by atoms with E-state index in [9.17, 15) is 9.59 Å². The maximum atomic E-state index is 10.7. The number of carbonyl (C=O) groups is 2. The van der Waals surface area contributed by atoms with Crippen molar-refractivity contribution in [2.24, 2.45) is 0 Å². The van der Waals surface area contributed by atoms with Crippen LogP contribution in [0.5, 0.6) is 0 Å². The van der Waals surface area contributed by atoms with Gasteiger partial charge in [-0.2, -0.15) is 0 Å². The summed E-state index contributed by atoms with van der Waals surface area (Å²) >= 11 is 0. The molecule has 1 saturated carbocycles. The molecule has 0 bridgehead atoms. The Hall–Kier alpha value is -1.06. The number of hydrogen-bond donors (Lipinski definition) is 1. The smallest absolute Gasteiger partial charge is 0.329 e. The van der Waals surface area contributed by atoms with Gasteiger partial charge in [0.05, 0.1) is 0 Å². The maximum Gasteiger partial charge on any atom is 0.329 e. The van der Waals surface area contributed by atoms with Crippen molar-refractivity contribution >= 4 is 12.4 Å². The molecule has 0 unspecified atom stereocenters. The highest BCUT2D eigenvalue weighted by molar-refractivity contribution is 5.82. The zero-order valence-corrected chi connectivity index (χ0v) is 6.41. The molecule has 1 rings (SSSR count). The van der Waals surface area contributed by atoms with Crippen LogP contribution in [0.4, 0.5) is 0 Å². The van der Waals surface area contributed by atoms with Crippen molar-refractivity contribution in [3.8, 4) is 0 Å². The molecule has 0 atom stereocenters. The molecule has 0 aliphatic heterocycles. The van der Waals surface area contributed by atoms with Crippen LogP contribution >= 0.6 is 0 Å². The lowest BCUT2D eigenvalue weighted by molar-refractivity contribution is -0.160. The molecule has 1 aliphatic rings. The Labute approximate surface area is 64.8 Å². The number of carboxylic acid groups (broad SMARTS) is 1. The quantitative estimate of drug-likeness (QED) is 0.590. The van der Waals surface area contributed by atoms with Crippen molar-refractivity contribution in [2.75, 3.05) is 7.05 Å². The molecule has 11 heavy (non-hydrogen) atoms. The summed E-state index contributed by atoms with van der Waals surface area (Å²) in [5, 5.41) is 8.78. The largest absolute Gasteiger partial charge is 0.479 e. The van der Waals surface area contributed by atoms with E-state index in [1.165, 1.54) is 11.9 Å². The molecule has 4 nitrogen and oxygen atoms in total. The van der Waals surface area contributed by atoms with Crippen LogP contribution in [-0.4, -0.2) is 35.0 Å². The number of carboxylic acids is 1.